The van der Waals surface area contributed by atoms with Gasteiger partial charge >= 0.3 is 0 Å². The molecule has 0 amide bonds. The van der Waals surface area contributed by atoms with Crippen LogP contribution in [0.15, 0.2) is 0 Å². The Hall–Kier alpha value is -0.370. The van der Waals surface area contributed by atoms with Gasteiger partial charge in [-0.1, -0.05) is 20.8 Å². The Balaban J connectivity index is 2.12. The third kappa shape index (κ3) is 4.78. The van der Waals surface area contributed by atoms with E-state index < -0.39 is 0 Å². The van der Waals surface area contributed by atoms with Crippen LogP contribution in [-0.2, 0) is 9.53 Å². The van der Waals surface area contributed by atoms with Crippen molar-refractivity contribution in [3.63, 3.8) is 0 Å². The predicted octanol–water partition coefficient (Wildman–Crippen LogP) is 3.20. The zero-order chi connectivity index (χ0) is 11.3. The van der Waals surface area contributed by atoms with Crippen LogP contribution in [0.4, 0.5) is 0 Å². The first-order valence-corrected chi connectivity index (χ1v) is 6.11. The molecule has 0 unspecified atom stereocenters. The summed E-state index contributed by atoms with van der Waals surface area (Å²) in [5, 5.41) is 0. The second-order valence-electron chi connectivity index (χ2n) is 5.62. The molecule has 2 heteroatoms. The van der Waals surface area contributed by atoms with Crippen molar-refractivity contribution in [2.45, 2.75) is 52.9 Å². The van der Waals surface area contributed by atoms with Gasteiger partial charge in [-0.05, 0) is 31.6 Å². The molecule has 1 fully saturated rings. The SMILES string of the molecule is CC(C)(C)C(=O)CCCC1CCOCC1. The van der Waals surface area contributed by atoms with Crippen LogP contribution in [0.25, 0.3) is 0 Å². The Bertz CT molecular complexity index is 197. The molecule has 1 aliphatic rings. The zero-order valence-electron chi connectivity index (χ0n) is 10.3. The summed E-state index contributed by atoms with van der Waals surface area (Å²) in [7, 11) is 0. The Kier molecular flexibility index (Phi) is 4.78. The van der Waals surface area contributed by atoms with Crippen LogP contribution in [-0.4, -0.2) is 19.0 Å². The van der Waals surface area contributed by atoms with Crippen molar-refractivity contribution in [2.24, 2.45) is 11.3 Å². The van der Waals surface area contributed by atoms with Crippen molar-refractivity contribution >= 4 is 5.78 Å². The van der Waals surface area contributed by atoms with Crippen LogP contribution in [0.5, 0.6) is 0 Å². The Morgan fingerprint density at radius 2 is 1.87 bits per heavy atom. The number of rotatable bonds is 4. The molecular formula is C13H24O2. The van der Waals surface area contributed by atoms with Crippen molar-refractivity contribution in [1.29, 1.82) is 0 Å². The number of hydrogen-bond acceptors (Lipinski definition) is 2. The van der Waals surface area contributed by atoms with Gasteiger partial charge in [0.25, 0.3) is 0 Å². The molecule has 0 N–H and O–H groups in total. The van der Waals surface area contributed by atoms with Gasteiger partial charge in [-0.2, -0.15) is 0 Å². The number of carbonyl (C=O) groups is 1. The van der Waals surface area contributed by atoms with Crippen molar-refractivity contribution < 1.29 is 9.53 Å². The third-order valence-electron chi connectivity index (χ3n) is 3.19. The molecule has 1 rings (SSSR count). The van der Waals surface area contributed by atoms with E-state index in [4.69, 9.17) is 4.74 Å². The van der Waals surface area contributed by atoms with E-state index in [0.29, 0.717) is 5.78 Å². The standard InChI is InChI=1S/C13H24O2/c1-13(2,3)12(14)6-4-5-11-7-9-15-10-8-11/h11H,4-10H2,1-3H3. The smallest absolute Gasteiger partial charge is 0.138 e. The lowest BCUT2D eigenvalue weighted by Gasteiger charge is -2.22. The first-order valence-electron chi connectivity index (χ1n) is 6.11. The first kappa shape index (κ1) is 12.7. The van der Waals surface area contributed by atoms with E-state index in [-0.39, 0.29) is 5.41 Å². The highest BCUT2D eigenvalue weighted by atomic mass is 16.5. The summed E-state index contributed by atoms with van der Waals surface area (Å²) in [6.45, 7) is 7.84. The van der Waals surface area contributed by atoms with Gasteiger partial charge in [0.1, 0.15) is 5.78 Å². The average Bonchev–Trinajstić information content (AvgIpc) is 2.18. The molecule has 0 saturated carbocycles. The molecule has 15 heavy (non-hydrogen) atoms. The molecular weight excluding hydrogens is 188 g/mol. The van der Waals surface area contributed by atoms with Crippen molar-refractivity contribution in [3.8, 4) is 0 Å². The monoisotopic (exact) mass is 212 g/mol. The van der Waals surface area contributed by atoms with Crippen LogP contribution in [0, 0.1) is 11.3 Å². The molecule has 0 radical (unpaired) electrons. The molecule has 0 aromatic carbocycles. The summed E-state index contributed by atoms with van der Waals surface area (Å²) in [6.07, 6.45) is 5.38. The minimum Gasteiger partial charge on any atom is -0.381 e. The summed E-state index contributed by atoms with van der Waals surface area (Å²) >= 11 is 0. The number of ether oxygens (including phenoxy) is 1. The molecule has 0 atom stereocenters. The maximum Gasteiger partial charge on any atom is 0.138 e. The van der Waals surface area contributed by atoms with Crippen LogP contribution in [0.3, 0.4) is 0 Å². The second kappa shape index (κ2) is 5.64. The second-order valence-corrected chi connectivity index (χ2v) is 5.62. The maximum atomic E-state index is 11.7. The average molecular weight is 212 g/mol. The fraction of sp³-hybridized carbons (Fsp3) is 0.923. The fourth-order valence-electron chi connectivity index (χ4n) is 1.96. The lowest BCUT2D eigenvalue weighted by molar-refractivity contribution is -0.126. The highest BCUT2D eigenvalue weighted by Gasteiger charge is 2.21. The van der Waals surface area contributed by atoms with Crippen LogP contribution < -0.4 is 0 Å². The summed E-state index contributed by atoms with van der Waals surface area (Å²) in [5.41, 5.74) is -0.157. The highest BCUT2D eigenvalue weighted by Crippen LogP contribution is 2.23. The minimum atomic E-state index is -0.157. The molecule has 88 valence electrons. The van der Waals surface area contributed by atoms with Gasteiger partial charge in [-0.3, -0.25) is 4.79 Å². The molecule has 0 spiro atoms. The van der Waals surface area contributed by atoms with E-state index in [1.807, 2.05) is 20.8 Å². The first-order chi connectivity index (χ1) is 7.00. The Morgan fingerprint density at radius 3 is 2.40 bits per heavy atom. The van der Waals surface area contributed by atoms with E-state index in [0.717, 1.165) is 32.0 Å². The normalized spacial score (nSPS) is 19.1. The van der Waals surface area contributed by atoms with Gasteiger partial charge in [0.2, 0.25) is 0 Å². The largest absolute Gasteiger partial charge is 0.381 e. The third-order valence-corrected chi connectivity index (χ3v) is 3.19. The molecule has 0 aliphatic carbocycles. The van der Waals surface area contributed by atoms with Crippen LogP contribution in [0.2, 0.25) is 0 Å². The lowest BCUT2D eigenvalue weighted by atomic mass is 9.86. The van der Waals surface area contributed by atoms with Crippen molar-refractivity contribution in [2.75, 3.05) is 13.2 Å². The van der Waals surface area contributed by atoms with Crippen LogP contribution in [0.1, 0.15) is 52.9 Å². The number of Topliss-reactive ketones (excluding diaryl/α,β-unsaturated/α-hetero) is 1. The van der Waals surface area contributed by atoms with Crippen LogP contribution >= 0.6 is 0 Å². The molecule has 1 heterocycles. The Morgan fingerprint density at radius 1 is 1.27 bits per heavy atom. The fourth-order valence-corrected chi connectivity index (χ4v) is 1.96. The predicted molar refractivity (Wildman–Crippen MR) is 61.9 cm³/mol. The number of hydrogen-bond donors (Lipinski definition) is 0. The van der Waals surface area contributed by atoms with Crippen molar-refractivity contribution in [3.05, 3.63) is 0 Å². The molecule has 1 aliphatic heterocycles. The van der Waals surface area contributed by atoms with E-state index in [2.05, 4.69) is 0 Å². The van der Waals surface area contributed by atoms with E-state index in [1.165, 1.54) is 19.3 Å². The van der Waals surface area contributed by atoms with Gasteiger partial charge in [-0.25, -0.2) is 0 Å². The summed E-state index contributed by atoms with van der Waals surface area (Å²) < 4.78 is 5.31. The minimum absolute atomic E-state index is 0.157. The molecule has 1 saturated heterocycles. The van der Waals surface area contributed by atoms with Gasteiger partial charge in [0.15, 0.2) is 0 Å². The maximum absolute atomic E-state index is 11.7. The summed E-state index contributed by atoms with van der Waals surface area (Å²) in [6, 6.07) is 0. The van der Waals surface area contributed by atoms with Gasteiger partial charge in [0.05, 0.1) is 0 Å². The number of carbonyl (C=O) groups excluding carboxylic acids is 1. The quantitative estimate of drug-likeness (QED) is 0.715. The Labute approximate surface area is 93.4 Å². The van der Waals surface area contributed by atoms with Gasteiger partial charge in [0, 0.05) is 25.0 Å². The van der Waals surface area contributed by atoms with E-state index >= 15 is 0 Å². The molecule has 0 bridgehead atoms. The van der Waals surface area contributed by atoms with E-state index in [9.17, 15) is 4.79 Å². The van der Waals surface area contributed by atoms with Crippen molar-refractivity contribution in [1.82, 2.24) is 0 Å². The molecule has 0 aromatic heterocycles. The van der Waals surface area contributed by atoms with Gasteiger partial charge in [-0.15, -0.1) is 0 Å². The van der Waals surface area contributed by atoms with E-state index in [1.54, 1.807) is 0 Å². The van der Waals surface area contributed by atoms with Gasteiger partial charge < -0.3 is 4.74 Å². The molecule has 0 aromatic rings. The summed E-state index contributed by atoms with van der Waals surface area (Å²) in [4.78, 5) is 11.7. The number of ketones is 1. The highest BCUT2D eigenvalue weighted by molar-refractivity contribution is 5.83. The summed E-state index contributed by atoms with van der Waals surface area (Å²) in [5.74, 6) is 1.20. The lowest BCUT2D eigenvalue weighted by Crippen LogP contribution is -2.20. The molecule has 2 nitrogen and oxygen atoms in total. The topological polar surface area (TPSA) is 26.3 Å². The zero-order valence-corrected chi connectivity index (χ0v) is 10.3.